The van der Waals surface area contributed by atoms with Crippen LogP contribution in [0.2, 0.25) is 5.02 Å². The summed E-state index contributed by atoms with van der Waals surface area (Å²) in [6.07, 6.45) is 0. The van der Waals surface area contributed by atoms with Gasteiger partial charge in [0.15, 0.2) is 0 Å². The normalized spacial score (nSPS) is 11.9. The van der Waals surface area contributed by atoms with Crippen molar-refractivity contribution < 1.29 is 38.3 Å². The molecule has 0 amide bonds. The van der Waals surface area contributed by atoms with Gasteiger partial charge in [0, 0.05) is 9.37 Å². The van der Waals surface area contributed by atoms with E-state index in [4.69, 9.17) is 11.6 Å². The molecule has 1 aromatic carbocycles. The monoisotopic (exact) mass is 276 g/mol. The van der Waals surface area contributed by atoms with Gasteiger partial charge in [-0.05, 0) is 29.3 Å². The van der Waals surface area contributed by atoms with E-state index in [1.807, 2.05) is 0 Å². The predicted molar refractivity (Wildman–Crippen MR) is 46.3 cm³/mol. The molecule has 0 bridgehead atoms. The zero-order valence-corrected chi connectivity index (χ0v) is 11.4. The fourth-order valence-electron chi connectivity index (χ4n) is 0.605. The van der Waals surface area contributed by atoms with E-state index in [2.05, 4.69) is 15.9 Å². The van der Waals surface area contributed by atoms with Crippen LogP contribution in [0.1, 0.15) is 0 Å². The average molecular weight is 278 g/mol. The molecule has 0 spiro atoms. The first-order valence-electron chi connectivity index (χ1n) is 2.65. The van der Waals surface area contributed by atoms with Crippen molar-refractivity contribution in [1.82, 2.24) is 0 Å². The maximum absolute atomic E-state index is 10.5. The zero-order chi connectivity index (χ0) is 8.43. The van der Waals surface area contributed by atoms with Crippen molar-refractivity contribution in [2.45, 2.75) is 4.90 Å². The van der Waals surface area contributed by atoms with Crippen LogP contribution in [-0.4, -0.2) is 8.76 Å². The van der Waals surface area contributed by atoms with Crippen molar-refractivity contribution in [1.29, 1.82) is 0 Å². The topological polar surface area (TPSA) is 40.1 Å². The molecule has 1 aromatic rings. The summed E-state index contributed by atoms with van der Waals surface area (Å²) in [5.74, 6) is 0. The predicted octanol–water partition coefficient (Wildman–Crippen LogP) is -0.655. The van der Waals surface area contributed by atoms with Crippen molar-refractivity contribution >= 4 is 38.6 Å². The van der Waals surface area contributed by atoms with Crippen molar-refractivity contribution in [3.05, 3.63) is 27.7 Å². The van der Waals surface area contributed by atoms with Crippen molar-refractivity contribution in [3.8, 4) is 0 Å². The molecule has 0 aliphatic rings. The van der Waals surface area contributed by atoms with E-state index in [0.717, 1.165) is 0 Å². The number of rotatable bonds is 1. The van der Waals surface area contributed by atoms with Crippen molar-refractivity contribution in [2.75, 3.05) is 0 Å². The minimum atomic E-state index is -2.26. The number of hydrogen-bond acceptors (Lipinski definition) is 2. The summed E-state index contributed by atoms with van der Waals surface area (Å²) in [6.45, 7) is 0. The van der Waals surface area contributed by atoms with Gasteiger partial charge in [0.2, 0.25) is 0 Å². The summed E-state index contributed by atoms with van der Waals surface area (Å²) in [4.78, 5) is 0.112. The zero-order valence-electron chi connectivity index (χ0n) is 6.21. The molecule has 1 rings (SSSR count). The Labute approximate surface area is 108 Å². The molecule has 6 heteroatoms. The molecule has 12 heavy (non-hydrogen) atoms. The molecule has 1 atom stereocenters. The molecular formula is C6H3BrClNaO2S. The van der Waals surface area contributed by atoms with Gasteiger partial charge in [0.25, 0.3) is 0 Å². The fourth-order valence-corrected chi connectivity index (χ4v) is 1.87. The van der Waals surface area contributed by atoms with Gasteiger partial charge in [-0.25, -0.2) is 0 Å². The Morgan fingerprint density at radius 3 is 2.50 bits per heavy atom. The van der Waals surface area contributed by atoms with Crippen LogP contribution in [0, 0.1) is 0 Å². The first-order chi connectivity index (χ1) is 5.11. The van der Waals surface area contributed by atoms with E-state index < -0.39 is 11.1 Å². The van der Waals surface area contributed by atoms with Crippen molar-refractivity contribution in [2.24, 2.45) is 0 Å². The van der Waals surface area contributed by atoms with Crippen LogP contribution < -0.4 is 29.6 Å². The SMILES string of the molecule is O=S([O-])c1cc(Br)ccc1Cl.[Na+]. The van der Waals surface area contributed by atoms with E-state index in [0.29, 0.717) is 4.47 Å². The molecule has 0 aromatic heterocycles. The molecule has 0 aliphatic carbocycles. The summed E-state index contributed by atoms with van der Waals surface area (Å²) >= 11 is 6.45. The molecule has 1 unspecified atom stereocenters. The quantitative estimate of drug-likeness (QED) is 0.505. The number of benzene rings is 1. The molecule has 0 radical (unpaired) electrons. The van der Waals surface area contributed by atoms with E-state index in [-0.39, 0.29) is 39.5 Å². The minimum Gasteiger partial charge on any atom is -0.768 e. The Hall–Kier alpha value is 1.10. The maximum Gasteiger partial charge on any atom is 1.00 e. The molecule has 0 N–H and O–H groups in total. The van der Waals surface area contributed by atoms with Crippen LogP contribution in [0.3, 0.4) is 0 Å². The molecule has 0 saturated heterocycles. The van der Waals surface area contributed by atoms with Crippen LogP contribution >= 0.6 is 27.5 Å². The third kappa shape index (κ3) is 3.46. The smallest absolute Gasteiger partial charge is 0.768 e. The van der Waals surface area contributed by atoms with E-state index >= 15 is 0 Å². The third-order valence-electron chi connectivity index (χ3n) is 1.07. The fraction of sp³-hybridized carbons (Fsp3) is 0. The van der Waals surface area contributed by atoms with E-state index in [9.17, 15) is 8.76 Å². The van der Waals surface area contributed by atoms with Gasteiger partial charge in [-0.2, -0.15) is 0 Å². The Kier molecular flexibility index (Phi) is 6.28. The molecular weight excluding hydrogens is 274 g/mol. The number of halogens is 2. The van der Waals surface area contributed by atoms with Gasteiger partial charge in [-0.3, -0.25) is 4.21 Å². The molecule has 0 heterocycles. The Morgan fingerprint density at radius 2 is 2.08 bits per heavy atom. The van der Waals surface area contributed by atoms with Gasteiger partial charge in [-0.1, -0.05) is 27.5 Å². The van der Waals surface area contributed by atoms with Crippen LogP contribution in [0.4, 0.5) is 0 Å². The van der Waals surface area contributed by atoms with Gasteiger partial charge in [-0.15, -0.1) is 0 Å². The standard InChI is InChI=1S/C6H4BrClO2S.Na/c7-4-1-2-5(8)6(3-4)11(9)10;/h1-3H,(H,9,10);/q;+1/p-1. The first kappa shape index (κ1) is 13.1. The summed E-state index contributed by atoms with van der Waals surface area (Å²) in [5, 5.41) is 0.238. The first-order valence-corrected chi connectivity index (χ1v) is 4.90. The summed E-state index contributed by atoms with van der Waals surface area (Å²) in [7, 11) is 0. The second-order valence-electron chi connectivity index (χ2n) is 1.81. The second-order valence-corrected chi connectivity index (χ2v) is 4.04. The average Bonchev–Trinajstić information content (AvgIpc) is 1.94. The van der Waals surface area contributed by atoms with Gasteiger partial charge in [0.1, 0.15) is 0 Å². The van der Waals surface area contributed by atoms with Crippen LogP contribution in [-0.2, 0) is 11.1 Å². The van der Waals surface area contributed by atoms with Crippen LogP contribution in [0.25, 0.3) is 0 Å². The summed E-state index contributed by atoms with van der Waals surface area (Å²) in [6, 6.07) is 4.65. The largest absolute Gasteiger partial charge is 1.00 e. The molecule has 0 aliphatic heterocycles. The molecule has 0 saturated carbocycles. The van der Waals surface area contributed by atoms with E-state index in [1.54, 1.807) is 6.07 Å². The minimum absolute atomic E-state index is 0. The molecule has 0 fully saturated rings. The molecule has 2 nitrogen and oxygen atoms in total. The van der Waals surface area contributed by atoms with Gasteiger partial charge in [0.05, 0.1) is 5.02 Å². The van der Waals surface area contributed by atoms with Crippen molar-refractivity contribution in [3.63, 3.8) is 0 Å². The van der Waals surface area contributed by atoms with Crippen LogP contribution in [0.15, 0.2) is 27.6 Å². The van der Waals surface area contributed by atoms with Gasteiger partial charge >= 0.3 is 29.6 Å². The Morgan fingerprint density at radius 1 is 1.50 bits per heavy atom. The Bertz CT molecular complexity index is 308. The third-order valence-corrected chi connectivity index (χ3v) is 2.70. The number of hydrogen-bond donors (Lipinski definition) is 0. The molecule has 60 valence electrons. The maximum atomic E-state index is 10.5. The van der Waals surface area contributed by atoms with E-state index in [1.165, 1.54) is 12.1 Å². The Balaban J connectivity index is 0.00000121. The summed E-state index contributed by atoms with van der Waals surface area (Å²) < 4.78 is 21.6. The van der Waals surface area contributed by atoms with Gasteiger partial charge < -0.3 is 4.55 Å². The second kappa shape index (κ2) is 5.75. The summed E-state index contributed by atoms with van der Waals surface area (Å²) in [5.41, 5.74) is 0. The van der Waals surface area contributed by atoms with Crippen LogP contribution in [0.5, 0.6) is 0 Å².